The largest absolute Gasteiger partial charge is 0.459 e. The molecule has 0 amide bonds. The van der Waals surface area contributed by atoms with Gasteiger partial charge in [-0.15, -0.1) is 0 Å². The Morgan fingerprint density at radius 1 is 1.44 bits per heavy atom. The molecule has 2 N–H and O–H groups in total. The van der Waals surface area contributed by atoms with Gasteiger partial charge < -0.3 is 19.9 Å². The molecule has 5 heteroatoms. The van der Waals surface area contributed by atoms with Crippen molar-refractivity contribution in [3.05, 3.63) is 35.9 Å². The van der Waals surface area contributed by atoms with E-state index in [1.165, 1.54) is 0 Å². The summed E-state index contributed by atoms with van der Waals surface area (Å²) in [7, 11) is 1.54. The third-order valence-corrected chi connectivity index (χ3v) is 2.85. The van der Waals surface area contributed by atoms with Crippen LogP contribution in [0, 0.1) is 0 Å². The van der Waals surface area contributed by atoms with E-state index in [-0.39, 0.29) is 24.7 Å². The maximum absolute atomic E-state index is 11.7. The van der Waals surface area contributed by atoms with Crippen LogP contribution in [0.5, 0.6) is 0 Å². The highest BCUT2D eigenvalue weighted by Gasteiger charge is 2.33. The Bertz CT molecular complexity index is 395. The molecule has 3 atom stereocenters. The highest BCUT2D eigenvalue weighted by Crippen LogP contribution is 2.19. The highest BCUT2D eigenvalue weighted by molar-refractivity contribution is 5.89. The van der Waals surface area contributed by atoms with Gasteiger partial charge in [0.25, 0.3) is 0 Å². The smallest absolute Gasteiger partial charge is 0.338 e. The van der Waals surface area contributed by atoms with E-state index in [1.807, 2.05) is 6.07 Å². The fourth-order valence-electron chi connectivity index (χ4n) is 1.92. The Morgan fingerprint density at radius 3 is 2.78 bits per heavy atom. The maximum atomic E-state index is 11.7. The Hall–Kier alpha value is -1.43. The number of hydrogen-bond acceptors (Lipinski definition) is 5. The van der Waals surface area contributed by atoms with Crippen LogP contribution in [-0.2, 0) is 14.2 Å². The lowest BCUT2D eigenvalue weighted by Crippen LogP contribution is -2.31. The van der Waals surface area contributed by atoms with Gasteiger partial charge in [-0.05, 0) is 18.6 Å². The van der Waals surface area contributed by atoms with Crippen LogP contribution in [0.1, 0.15) is 16.8 Å². The summed E-state index contributed by atoms with van der Waals surface area (Å²) < 4.78 is 15.7. The van der Waals surface area contributed by atoms with Crippen LogP contribution in [0.25, 0.3) is 0 Å². The lowest BCUT2D eigenvalue weighted by atomic mass is 10.2. The quantitative estimate of drug-likeness (QED) is 0.806. The van der Waals surface area contributed by atoms with Gasteiger partial charge in [-0.3, -0.25) is 0 Å². The van der Waals surface area contributed by atoms with E-state index in [1.54, 1.807) is 31.4 Å². The normalized spacial score (nSPS) is 27.1. The molecule has 1 aromatic carbocycles. The third-order valence-electron chi connectivity index (χ3n) is 2.85. The van der Waals surface area contributed by atoms with Gasteiger partial charge in [0, 0.05) is 7.11 Å². The van der Waals surface area contributed by atoms with Crippen molar-refractivity contribution in [1.29, 1.82) is 0 Å². The second-order valence-electron chi connectivity index (χ2n) is 4.23. The molecule has 1 fully saturated rings. The van der Waals surface area contributed by atoms with Crippen molar-refractivity contribution >= 4 is 5.97 Å². The minimum Gasteiger partial charge on any atom is -0.459 e. The van der Waals surface area contributed by atoms with E-state index in [9.17, 15) is 4.79 Å². The van der Waals surface area contributed by atoms with Crippen molar-refractivity contribution in [2.24, 2.45) is 5.73 Å². The summed E-state index contributed by atoms with van der Waals surface area (Å²) >= 11 is 0. The number of hydrogen-bond donors (Lipinski definition) is 1. The zero-order chi connectivity index (χ0) is 13.0. The molecular weight excluding hydrogens is 234 g/mol. The third kappa shape index (κ3) is 3.07. The summed E-state index contributed by atoms with van der Waals surface area (Å²) in [6.07, 6.45) is 0.0173. The molecule has 1 heterocycles. The molecule has 1 aliphatic rings. The van der Waals surface area contributed by atoms with Gasteiger partial charge in [-0.25, -0.2) is 4.79 Å². The Balaban J connectivity index is 1.81. The SMILES string of the molecule is CO[C@@H]1O[C@H](COC(=O)c2ccccc2)C[C@H]1N. The van der Waals surface area contributed by atoms with E-state index in [0.29, 0.717) is 12.0 Å². The van der Waals surface area contributed by atoms with E-state index in [0.717, 1.165) is 0 Å². The molecular formula is C13H17NO4. The van der Waals surface area contributed by atoms with Crippen molar-refractivity contribution in [3.63, 3.8) is 0 Å². The second-order valence-corrected chi connectivity index (χ2v) is 4.23. The predicted molar refractivity (Wildman–Crippen MR) is 65.0 cm³/mol. The summed E-state index contributed by atoms with van der Waals surface area (Å²) in [6, 6.07) is 8.68. The minimum absolute atomic E-state index is 0.171. The van der Waals surface area contributed by atoms with Crippen LogP contribution in [-0.4, -0.2) is 38.1 Å². The van der Waals surface area contributed by atoms with Gasteiger partial charge in [-0.2, -0.15) is 0 Å². The minimum atomic E-state index is -0.412. The molecule has 1 aromatic rings. The molecule has 2 rings (SSSR count). The number of esters is 1. The molecule has 0 aromatic heterocycles. The molecule has 0 radical (unpaired) electrons. The summed E-state index contributed by atoms with van der Waals surface area (Å²) in [5.74, 6) is -0.353. The number of methoxy groups -OCH3 is 1. The van der Waals surface area contributed by atoms with Crippen LogP contribution in [0.3, 0.4) is 0 Å². The number of benzene rings is 1. The molecule has 0 unspecified atom stereocenters. The number of rotatable bonds is 4. The van der Waals surface area contributed by atoms with Crippen molar-refractivity contribution in [1.82, 2.24) is 0 Å². The molecule has 0 spiro atoms. The molecule has 98 valence electrons. The standard InChI is InChI=1S/C13H17NO4/c1-16-13-11(14)7-10(18-13)8-17-12(15)9-5-3-2-4-6-9/h2-6,10-11,13H,7-8,14H2,1H3/t10-,11+,13+/m0/s1. The van der Waals surface area contributed by atoms with Crippen LogP contribution in [0.4, 0.5) is 0 Å². The van der Waals surface area contributed by atoms with Crippen LogP contribution in [0.15, 0.2) is 30.3 Å². The topological polar surface area (TPSA) is 70.8 Å². The highest BCUT2D eigenvalue weighted by atomic mass is 16.7. The molecule has 0 bridgehead atoms. The van der Waals surface area contributed by atoms with Crippen molar-refractivity contribution in [2.45, 2.75) is 24.9 Å². The summed E-state index contributed by atoms with van der Waals surface area (Å²) in [5, 5.41) is 0. The van der Waals surface area contributed by atoms with Crippen LogP contribution >= 0.6 is 0 Å². The molecule has 0 aliphatic carbocycles. The van der Waals surface area contributed by atoms with Gasteiger partial charge in [0.1, 0.15) is 6.61 Å². The average molecular weight is 251 g/mol. The zero-order valence-electron chi connectivity index (χ0n) is 10.2. The monoisotopic (exact) mass is 251 g/mol. The summed E-state index contributed by atoms with van der Waals surface area (Å²) in [6.45, 7) is 0.196. The first kappa shape index (κ1) is 13.0. The first-order valence-electron chi connectivity index (χ1n) is 5.86. The lowest BCUT2D eigenvalue weighted by Gasteiger charge is -2.13. The summed E-state index contributed by atoms with van der Waals surface area (Å²) in [4.78, 5) is 11.7. The fraction of sp³-hybridized carbons (Fsp3) is 0.462. The summed E-state index contributed by atoms with van der Waals surface area (Å²) in [5.41, 5.74) is 6.34. The van der Waals surface area contributed by atoms with Crippen molar-refractivity contribution in [3.8, 4) is 0 Å². The zero-order valence-corrected chi connectivity index (χ0v) is 10.2. The Morgan fingerprint density at radius 2 is 2.17 bits per heavy atom. The first-order valence-corrected chi connectivity index (χ1v) is 5.86. The average Bonchev–Trinajstić information content (AvgIpc) is 2.77. The fourth-order valence-corrected chi connectivity index (χ4v) is 1.92. The number of ether oxygens (including phenoxy) is 3. The van der Waals surface area contributed by atoms with Crippen molar-refractivity contribution < 1.29 is 19.0 Å². The van der Waals surface area contributed by atoms with Crippen LogP contribution in [0.2, 0.25) is 0 Å². The van der Waals surface area contributed by atoms with E-state index < -0.39 is 6.29 Å². The lowest BCUT2D eigenvalue weighted by molar-refractivity contribution is -0.128. The second kappa shape index (κ2) is 5.95. The van der Waals surface area contributed by atoms with Gasteiger partial charge in [0.15, 0.2) is 6.29 Å². The van der Waals surface area contributed by atoms with Gasteiger partial charge in [-0.1, -0.05) is 18.2 Å². The number of nitrogens with two attached hydrogens (primary N) is 1. The molecule has 18 heavy (non-hydrogen) atoms. The van der Waals surface area contributed by atoms with E-state index in [2.05, 4.69) is 0 Å². The van der Waals surface area contributed by atoms with E-state index in [4.69, 9.17) is 19.9 Å². The van der Waals surface area contributed by atoms with Gasteiger partial charge in [0.05, 0.1) is 17.7 Å². The van der Waals surface area contributed by atoms with Gasteiger partial charge >= 0.3 is 5.97 Å². The number of carbonyl (C=O) groups excluding carboxylic acids is 1. The molecule has 0 saturated carbocycles. The van der Waals surface area contributed by atoms with Crippen molar-refractivity contribution in [2.75, 3.05) is 13.7 Å². The Kier molecular flexibility index (Phi) is 4.30. The molecule has 5 nitrogen and oxygen atoms in total. The molecule has 1 saturated heterocycles. The van der Waals surface area contributed by atoms with E-state index >= 15 is 0 Å². The molecule has 1 aliphatic heterocycles. The van der Waals surface area contributed by atoms with Gasteiger partial charge in [0.2, 0.25) is 0 Å². The first-order chi connectivity index (χ1) is 8.70. The maximum Gasteiger partial charge on any atom is 0.338 e. The number of carbonyl (C=O) groups is 1. The van der Waals surface area contributed by atoms with Crippen LogP contribution < -0.4 is 5.73 Å². The predicted octanol–water partition coefficient (Wildman–Crippen LogP) is 0.932. The Labute approximate surface area is 106 Å².